The number of rotatable bonds is 3. The van der Waals surface area contributed by atoms with Crippen LogP contribution < -0.4 is 5.32 Å². The normalized spacial score (nSPS) is 30.3. The van der Waals surface area contributed by atoms with Gasteiger partial charge in [0, 0.05) is 6.04 Å². The molecule has 0 aromatic carbocycles. The highest BCUT2D eigenvalue weighted by atomic mass is 35.5. The molecule has 0 spiro atoms. The third-order valence-corrected chi connectivity index (χ3v) is 3.74. The molecule has 1 heterocycles. The smallest absolute Gasteiger partial charge is 0.315 e. The first-order valence-corrected chi connectivity index (χ1v) is 6.37. The largest absolute Gasteiger partial charge is 0.407 e. The molecule has 1 N–H and O–H groups in total. The van der Waals surface area contributed by atoms with E-state index in [-0.39, 0.29) is 5.88 Å². The van der Waals surface area contributed by atoms with Crippen molar-refractivity contribution in [3.8, 4) is 0 Å². The molecule has 3 unspecified atom stereocenters. The summed E-state index contributed by atoms with van der Waals surface area (Å²) in [7, 11) is 0. The van der Waals surface area contributed by atoms with Crippen LogP contribution in [0, 0.1) is 11.8 Å². The molecule has 0 saturated heterocycles. The van der Waals surface area contributed by atoms with Crippen molar-refractivity contribution in [3.63, 3.8) is 0 Å². The van der Waals surface area contributed by atoms with E-state index in [0.717, 1.165) is 11.8 Å². The number of aromatic nitrogens is 2. The molecule has 1 aromatic rings. The van der Waals surface area contributed by atoms with Crippen LogP contribution in [-0.4, -0.2) is 16.2 Å². The average Bonchev–Trinajstić information content (AvgIpc) is 2.71. The van der Waals surface area contributed by atoms with E-state index in [9.17, 15) is 0 Å². The fourth-order valence-electron chi connectivity index (χ4n) is 2.22. The zero-order valence-corrected chi connectivity index (χ0v) is 10.5. The summed E-state index contributed by atoms with van der Waals surface area (Å²) < 4.78 is 5.33. The van der Waals surface area contributed by atoms with Crippen LogP contribution in [0.25, 0.3) is 0 Å². The minimum atomic E-state index is 0.271. The lowest BCUT2D eigenvalue weighted by Crippen LogP contribution is -2.30. The van der Waals surface area contributed by atoms with Gasteiger partial charge in [-0.05, 0) is 31.1 Å². The summed E-state index contributed by atoms with van der Waals surface area (Å²) in [6, 6.07) is 0.956. The maximum atomic E-state index is 5.60. The summed E-state index contributed by atoms with van der Waals surface area (Å²) in [4.78, 5) is 0. The number of halogens is 1. The number of nitrogens with zero attached hydrogens (tertiary/aromatic N) is 2. The minimum Gasteiger partial charge on any atom is -0.407 e. The van der Waals surface area contributed by atoms with E-state index in [2.05, 4.69) is 29.4 Å². The number of hydrogen-bond donors (Lipinski definition) is 1. The zero-order chi connectivity index (χ0) is 11.5. The van der Waals surface area contributed by atoms with Gasteiger partial charge in [0.1, 0.15) is 5.88 Å². The second kappa shape index (κ2) is 5.04. The van der Waals surface area contributed by atoms with E-state index >= 15 is 0 Å². The quantitative estimate of drug-likeness (QED) is 0.829. The highest BCUT2D eigenvalue weighted by Gasteiger charge is 2.25. The first-order chi connectivity index (χ1) is 7.69. The van der Waals surface area contributed by atoms with Crippen molar-refractivity contribution >= 4 is 17.6 Å². The standard InChI is InChI=1S/C11H18ClN3O/c1-7-3-4-9(5-8(7)2)13-11-15-14-10(6-12)16-11/h7-9H,3-6H2,1-2H3,(H,13,15). The maximum absolute atomic E-state index is 5.60. The van der Waals surface area contributed by atoms with E-state index < -0.39 is 0 Å². The molecule has 1 aromatic heterocycles. The first kappa shape index (κ1) is 11.7. The van der Waals surface area contributed by atoms with Crippen LogP contribution in [0.2, 0.25) is 0 Å². The monoisotopic (exact) mass is 243 g/mol. The highest BCUT2D eigenvalue weighted by Crippen LogP contribution is 2.30. The summed E-state index contributed by atoms with van der Waals surface area (Å²) in [5.74, 6) is 2.31. The van der Waals surface area contributed by atoms with E-state index in [4.69, 9.17) is 16.0 Å². The van der Waals surface area contributed by atoms with Gasteiger partial charge >= 0.3 is 6.01 Å². The fraction of sp³-hybridized carbons (Fsp3) is 0.818. The lowest BCUT2D eigenvalue weighted by atomic mass is 9.79. The molecule has 1 aliphatic rings. The van der Waals surface area contributed by atoms with Crippen LogP contribution in [0.5, 0.6) is 0 Å². The van der Waals surface area contributed by atoms with Crippen molar-refractivity contribution < 1.29 is 4.42 Å². The van der Waals surface area contributed by atoms with Crippen molar-refractivity contribution in [2.45, 2.75) is 45.0 Å². The molecule has 1 aliphatic carbocycles. The van der Waals surface area contributed by atoms with Crippen molar-refractivity contribution in [3.05, 3.63) is 5.89 Å². The molecule has 16 heavy (non-hydrogen) atoms. The van der Waals surface area contributed by atoms with Crippen LogP contribution in [-0.2, 0) is 5.88 Å². The fourth-order valence-corrected chi connectivity index (χ4v) is 2.33. The van der Waals surface area contributed by atoms with E-state index in [1.165, 1.54) is 19.3 Å². The third kappa shape index (κ3) is 2.67. The van der Waals surface area contributed by atoms with Crippen LogP contribution in [0.3, 0.4) is 0 Å². The summed E-state index contributed by atoms with van der Waals surface area (Å²) in [5, 5.41) is 11.0. The van der Waals surface area contributed by atoms with Gasteiger partial charge in [-0.25, -0.2) is 0 Å². The molecular weight excluding hydrogens is 226 g/mol. The van der Waals surface area contributed by atoms with Gasteiger partial charge < -0.3 is 9.73 Å². The summed E-state index contributed by atoms with van der Waals surface area (Å²) in [5.41, 5.74) is 0. The molecule has 3 atom stereocenters. The minimum absolute atomic E-state index is 0.271. The Balaban J connectivity index is 1.90. The molecule has 2 rings (SSSR count). The Kier molecular flexibility index (Phi) is 3.69. The Morgan fingerprint density at radius 1 is 1.31 bits per heavy atom. The Labute approximate surface area is 101 Å². The maximum Gasteiger partial charge on any atom is 0.315 e. The van der Waals surface area contributed by atoms with Crippen molar-refractivity contribution in [1.82, 2.24) is 10.2 Å². The van der Waals surface area contributed by atoms with E-state index in [1.54, 1.807) is 0 Å². The van der Waals surface area contributed by atoms with Gasteiger partial charge in [0.25, 0.3) is 0 Å². The lowest BCUT2D eigenvalue weighted by Gasteiger charge is -2.31. The predicted octanol–water partition coefficient (Wildman–Crippen LogP) is 3.05. The SMILES string of the molecule is CC1CCC(Nc2nnc(CCl)o2)CC1C. The molecule has 1 saturated carbocycles. The van der Waals surface area contributed by atoms with Gasteiger partial charge in [0.2, 0.25) is 5.89 Å². The predicted molar refractivity (Wildman–Crippen MR) is 63.4 cm³/mol. The molecule has 0 aliphatic heterocycles. The molecule has 4 nitrogen and oxygen atoms in total. The summed E-state index contributed by atoms with van der Waals surface area (Å²) >= 11 is 5.60. The number of anilines is 1. The molecular formula is C11H18ClN3O. The van der Waals surface area contributed by atoms with Gasteiger partial charge in [-0.1, -0.05) is 18.9 Å². The van der Waals surface area contributed by atoms with Crippen LogP contribution in [0.1, 0.15) is 39.0 Å². The van der Waals surface area contributed by atoms with Crippen molar-refractivity contribution in [2.75, 3.05) is 5.32 Å². The second-order valence-corrected chi connectivity index (χ2v) is 5.01. The number of hydrogen-bond acceptors (Lipinski definition) is 4. The molecule has 0 amide bonds. The molecule has 0 bridgehead atoms. The Morgan fingerprint density at radius 3 is 2.75 bits per heavy atom. The Bertz CT molecular complexity index is 342. The Hall–Kier alpha value is -0.770. The van der Waals surface area contributed by atoms with Crippen molar-refractivity contribution in [2.24, 2.45) is 11.8 Å². The van der Waals surface area contributed by atoms with Gasteiger partial charge in [-0.3, -0.25) is 0 Å². The van der Waals surface area contributed by atoms with Crippen molar-refractivity contribution in [1.29, 1.82) is 0 Å². The highest BCUT2D eigenvalue weighted by molar-refractivity contribution is 6.16. The van der Waals surface area contributed by atoms with E-state index in [0.29, 0.717) is 17.9 Å². The molecule has 1 fully saturated rings. The number of alkyl halides is 1. The number of nitrogens with one attached hydrogen (secondary N) is 1. The Morgan fingerprint density at radius 2 is 2.12 bits per heavy atom. The third-order valence-electron chi connectivity index (χ3n) is 3.51. The van der Waals surface area contributed by atoms with Crippen LogP contribution in [0.15, 0.2) is 4.42 Å². The molecule has 90 valence electrons. The zero-order valence-electron chi connectivity index (χ0n) is 9.74. The average molecular weight is 244 g/mol. The van der Waals surface area contributed by atoms with Gasteiger partial charge in [0.05, 0.1) is 0 Å². The first-order valence-electron chi connectivity index (χ1n) is 5.84. The van der Waals surface area contributed by atoms with Gasteiger partial charge in [-0.15, -0.1) is 16.7 Å². The lowest BCUT2D eigenvalue weighted by molar-refractivity contribution is 0.258. The molecule has 5 heteroatoms. The van der Waals surface area contributed by atoms with Gasteiger partial charge in [-0.2, -0.15) is 0 Å². The summed E-state index contributed by atoms with van der Waals surface area (Å²) in [6.07, 6.45) is 3.60. The van der Waals surface area contributed by atoms with Crippen LogP contribution >= 0.6 is 11.6 Å². The molecule has 0 radical (unpaired) electrons. The van der Waals surface area contributed by atoms with Gasteiger partial charge in [0.15, 0.2) is 0 Å². The van der Waals surface area contributed by atoms with Crippen LogP contribution in [0.4, 0.5) is 6.01 Å². The second-order valence-electron chi connectivity index (χ2n) is 4.74. The topological polar surface area (TPSA) is 51.0 Å². The summed E-state index contributed by atoms with van der Waals surface area (Å²) in [6.45, 7) is 4.62. The van der Waals surface area contributed by atoms with E-state index in [1.807, 2.05) is 0 Å².